The van der Waals surface area contributed by atoms with Crippen molar-refractivity contribution in [2.45, 2.75) is 6.61 Å². The molecule has 0 saturated carbocycles. The molecule has 0 bridgehead atoms. The van der Waals surface area contributed by atoms with E-state index in [4.69, 9.17) is 21.1 Å². The zero-order chi connectivity index (χ0) is 16.1. The van der Waals surface area contributed by atoms with E-state index in [2.05, 4.69) is 20.5 Å². The van der Waals surface area contributed by atoms with Crippen molar-refractivity contribution in [3.63, 3.8) is 0 Å². The lowest BCUT2D eigenvalue weighted by Gasteiger charge is -2.04. The van der Waals surface area contributed by atoms with Crippen molar-refractivity contribution < 1.29 is 9.47 Å². The Hall–Kier alpha value is -2.73. The third-order valence-corrected chi connectivity index (χ3v) is 3.32. The number of aromatic amines is 1. The number of anilines is 2. The van der Waals surface area contributed by atoms with E-state index < -0.39 is 0 Å². The van der Waals surface area contributed by atoms with Crippen LogP contribution in [0.5, 0.6) is 11.5 Å². The molecule has 0 unspecified atom stereocenters. The average Bonchev–Trinajstić information content (AvgIpc) is 3.02. The Morgan fingerprint density at radius 3 is 2.43 bits per heavy atom. The van der Waals surface area contributed by atoms with Crippen LogP contribution in [-0.2, 0) is 6.61 Å². The molecule has 7 heteroatoms. The van der Waals surface area contributed by atoms with Crippen LogP contribution in [0.3, 0.4) is 0 Å². The summed E-state index contributed by atoms with van der Waals surface area (Å²) in [5.41, 5.74) is 0.870. The van der Waals surface area contributed by atoms with Gasteiger partial charge in [-0.05, 0) is 48.5 Å². The van der Waals surface area contributed by atoms with Gasteiger partial charge >= 0.3 is 0 Å². The first-order valence-corrected chi connectivity index (χ1v) is 7.31. The normalized spacial score (nSPS) is 10.3. The van der Waals surface area contributed by atoms with E-state index in [1.807, 2.05) is 24.3 Å². The summed E-state index contributed by atoms with van der Waals surface area (Å²) in [4.78, 5) is 4.32. The fourth-order valence-corrected chi connectivity index (χ4v) is 2.03. The van der Waals surface area contributed by atoms with Gasteiger partial charge < -0.3 is 14.8 Å². The van der Waals surface area contributed by atoms with Crippen LogP contribution in [0.2, 0.25) is 5.02 Å². The van der Waals surface area contributed by atoms with Crippen LogP contribution in [0.1, 0.15) is 5.82 Å². The van der Waals surface area contributed by atoms with Crippen molar-refractivity contribution in [1.29, 1.82) is 0 Å². The molecule has 3 aromatic rings. The molecule has 0 atom stereocenters. The van der Waals surface area contributed by atoms with Crippen LogP contribution in [0.15, 0.2) is 48.5 Å². The molecule has 0 aliphatic carbocycles. The fourth-order valence-electron chi connectivity index (χ4n) is 1.90. The summed E-state index contributed by atoms with van der Waals surface area (Å²) in [5.74, 6) is 2.61. The minimum atomic E-state index is 0.291. The average molecular weight is 331 g/mol. The minimum Gasteiger partial charge on any atom is -0.497 e. The van der Waals surface area contributed by atoms with Crippen molar-refractivity contribution in [2.24, 2.45) is 0 Å². The molecule has 2 aromatic carbocycles. The Morgan fingerprint density at radius 1 is 1.04 bits per heavy atom. The van der Waals surface area contributed by atoms with Gasteiger partial charge in [0.1, 0.15) is 18.1 Å². The SMILES string of the molecule is COc1ccc(Nc2n[nH]c(COc3ccc(Cl)cc3)n2)cc1. The zero-order valence-corrected chi connectivity index (χ0v) is 13.2. The van der Waals surface area contributed by atoms with Gasteiger partial charge in [-0.15, -0.1) is 5.10 Å². The molecule has 1 aromatic heterocycles. The Morgan fingerprint density at radius 2 is 1.74 bits per heavy atom. The van der Waals surface area contributed by atoms with Gasteiger partial charge in [-0.25, -0.2) is 0 Å². The van der Waals surface area contributed by atoms with E-state index in [9.17, 15) is 0 Å². The van der Waals surface area contributed by atoms with Crippen molar-refractivity contribution in [3.8, 4) is 11.5 Å². The molecule has 0 radical (unpaired) electrons. The summed E-state index contributed by atoms with van der Waals surface area (Å²) < 4.78 is 10.7. The Kier molecular flexibility index (Phi) is 4.63. The fraction of sp³-hybridized carbons (Fsp3) is 0.125. The highest BCUT2D eigenvalue weighted by Gasteiger charge is 2.05. The summed E-state index contributed by atoms with van der Waals surface area (Å²) in [6.07, 6.45) is 0. The van der Waals surface area contributed by atoms with Crippen molar-refractivity contribution >= 4 is 23.2 Å². The number of nitrogens with zero attached hydrogens (tertiary/aromatic N) is 2. The third-order valence-electron chi connectivity index (χ3n) is 3.07. The summed E-state index contributed by atoms with van der Waals surface area (Å²) in [7, 11) is 1.63. The molecule has 3 rings (SSSR count). The molecular weight excluding hydrogens is 316 g/mol. The lowest BCUT2D eigenvalue weighted by atomic mass is 10.3. The number of ether oxygens (including phenoxy) is 2. The maximum Gasteiger partial charge on any atom is 0.246 e. The number of nitrogens with one attached hydrogen (secondary N) is 2. The molecule has 0 spiro atoms. The molecule has 0 amide bonds. The Balaban J connectivity index is 1.57. The van der Waals surface area contributed by atoms with E-state index >= 15 is 0 Å². The Labute approximate surface area is 138 Å². The molecule has 6 nitrogen and oxygen atoms in total. The van der Waals surface area contributed by atoms with Gasteiger partial charge in [0.15, 0.2) is 5.82 Å². The van der Waals surface area contributed by atoms with E-state index in [0.717, 1.165) is 17.2 Å². The molecule has 0 aliphatic heterocycles. The largest absolute Gasteiger partial charge is 0.497 e. The van der Waals surface area contributed by atoms with Crippen molar-refractivity contribution in [2.75, 3.05) is 12.4 Å². The molecule has 1 heterocycles. The maximum absolute atomic E-state index is 5.83. The van der Waals surface area contributed by atoms with Gasteiger partial charge in [-0.2, -0.15) is 4.98 Å². The molecule has 118 valence electrons. The van der Waals surface area contributed by atoms with Gasteiger partial charge in [-0.1, -0.05) is 11.6 Å². The lowest BCUT2D eigenvalue weighted by molar-refractivity contribution is 0.296. The number of halogens is 1. The summed E-state index contributed by atoms with van der Waals surface area (Å²) in [6, 6.07) is 14.6. The van der Waals surface area contributed by atoms with E-state index in [1.165, 1.54) is 0 Å². The van der Waals surface area contributed by atoms with Crippen LogP contribution in [0.25, 0.3) is 0 Å². The van der Waals surface area contributed by atoms with Gasteiger partial charge in [0.2, 0.25) is 5.95 Å². The van der Waals surface area contributed by atoms with Gasteiger partial charge in [0.05, 0.1) is 7.11 Å². The number of H-pyrrole nitrogens is 1. The van der Waals surface area contributed by atoms with E-state index in [-0.39, 0.29) is 0 Å². The molecule has 23 heavy (non-hydrogen) atoms. The molecule has 0 aliphatic rings. The van der Waals surface area contributed by atoms with Crippen LogP contribution < -0.4 is 14.8 Å². The Bertz CT molecular complexity index is 757. The zero-order valence-electron chi connectivity index (χ0n) is 12.4. The topological polar surface area (TPSA) is 72.1 Å². The number of hydrogen-bond donors (Lipinski definition) is 2. The predicted octanol–water partition coefficient (Wildman–Crippen LogP) is 3.79. The standard InChI is InChI=1S/C16H15ClN4O2/c1-22-13-8-4-12(5-9-13)18-16-19-15(20-21-16)10-23-14-6-2-11(17)3-7-14/h2-9H,10H2,1H3,(H2,18,19,20,21). The van der Waals surface area contributed by atoms with Crippen LogP contribution in [-0.4, -0.2) is 22.3 Å². The molecular formula is C16H15ClN4O2. The predicted molar refractivity (Wildman–Crippen MR) is 88.4 cm³/mol. The first-order chi connectivity index (χ1) is 11.2. The van der Waals surface area contributed by atoms with Gasteiger partial charge in [0.25, 0.3) is 0 Å². The number of hydrogen-bond acceptors (Lipinski definition) is 5. The summed E-state index contributed by atoms with van der Waals surface area (Å²) in [6.45, 7) is 0.291. The highest BCUT2D eigenvalue weighted by atomic mass is 35.5. The highest BCUT2D eigenvalue weighted by molar-refractivity contribution is 6.30. The second-order valence-electron chi connectivity index (χ2n) is 4.70. The van der Waals surface area contributed by atoms with Crippen molar-refractivity contribution in [1.82, 2.24) is 15.2 Å². The molecule has 2 N–H and O–H groups in total. The van der Waals surface area contributed by atoms with Crippen LogP contribution >= 0.6 is 11.6 Å². The van der Waals surface area contributed by atoms with Crippen LogP contribution in [0.4, 0.5) is 11.6 Å². The second-order valence-corrected chi connectivity index (χ2v) is 5.14. The van der Waals surface area contributed by atoms with Gasteiger partial charge in [-0.3, -0.25) is 5.10 Å². The number of methoxy groups -OCH3 is 1. The second kappa shape index (κ2) is 7.02. The van der Waals surface area contributed by atoms with E-state index in [1.54, 1.807) is 31.4 Å². The lowest BCUT2D eigenvalue weighted by Crippen LogP contribution is -1.98. The summed E-state index contributed by atoms with van der Waals surface area (Å²) >= 11 is 5.83. The first-order valence-electron chi connectivity index (χ1n) is 6.93. The highest BCUT2D eigenvalue weighted by Crippen LogP contribution is 2.19. The van der Waals surface area contributed by atoms with Gasteiger partial charge in [0, 0.05) is 10.7 Å². The monoisotopic (exact) mass is 330 g/mol. The number of benzene rings is 2. The quantitative estimate of drug-likeness (QED) is 0.719. The minimum absolute atomic E-state index is 0.291. The smallest absolute Gasteiger partial charge is 0.246 e. The summed E-state index contributed by atoms with van der Waals surface area (Å²) in [5, 5.41) is 10.7. The molecule has 0 saturated heterocycles. The third kappa shape index (κ3) is 4.14. The van der Waals surface area contributed by atoms with Crippen LogP contribution in [0, 0.1) is 0 Å². The first kappa shape index (κ1) is 15.2. The number of aromatic nitrogens is 3. The number of rotatable bonds is 6. The molecule has 0 fully saturated rings. The van der Waals surface area contributed by atoms with E-state index in [0.29, 0.717) is 23.4 Å². The van der Waals surface area contributed by atoms with Crippen molar-refractivity contribution in [3.05, 3.63) is 59.4 Å². The maximum atomic E-state index is 5.83.